The van der Waals surface area contributed by atoms with Crippen molar-refractivity contribution in [1.82, 2.24) is 4.90 Å². The Labute approximate surface area is 134 Å². The molecule has 122 valence electrons. The van der Waals surface area contributed by atoms with Gasteiger partial charge in [0.15, 0.2) is 0 Å². The van der Waals surface area contributed by atoms with Crippen molar-refractivity contribution in [3.63, 3.8) is 0 Å². The lowest BCUT2D eigenvalue weighted by atomic mass is 9.93. The molecule has 3 rings (SSSR count). The number of likely N-dealkylation sites (tertiary alicyclic amines) is 1. The van der Waals surface area contributed by atoms with Crippen LogP contribution in [0.25, 0.3) is 0 Å². The highest BCUT2D eigenvalue weighted by Crippen LogP contribution is 2.29. The highest BCUT2D eigenvalue weighted by molar-refractivity contribution is 5.33. The lowest BCUT2D eigenvalue weighted by Gasteiger charge is -2.37. The molecule has 2 aliphatic rings. The summed E-state index contributed by atoms with van der Waals surface area (Å²) in [7, 11) is 0. The fourth-order valence-electron chi connectivity index (χ4n) is 3.79. The van der Waals surface area contributed by atoms with E-state index in [1.165, 1.54) is 37.7 Å². The maximum Gasteiger partial charge on any atom is 0.124 e. The SMILES string of the molecule is C[C@H]1CC[C@H](CO)CN1Cc1ccccc1OC1CCCC1. The van der Waals surface area contributed by atoms with E-state index < -0.39 is 0 Å². The van der Waals surface area contributed by atoms with Crippen LogP contribution in [0.5, 0.6) is 5.75 Å². The van der Waals surface area contributed by atoms with E-state index in [4.69, 9.17) is 4.74 Å². The van der Waals surface area contributed by atoms with E-state index in [2.05, 4.69) is 36.1 Å². The Morgan fingerprint density at radius 1 is 1.14 bits per heavy atom. The molecule has 2 fully saturated rings. The Hall–Kier alpha value is -1.06. The van der Waals surface area contributed by atoms with Crippen molar-refractivity contribution in [2.75, 3.05) is 13.2 Å². The van der Waals surface area contributed by atoms with Gasteiger partial charge in [0.05, 0.1) is 6.10 Å². The molecule has 3 heteroatoms. The standard InChI is InChI=1S/C19H29NO2/c1-15-10-11-16(14-21)12-20(15)13-17-6-2-5-9-19(17)22-18-7-3-4-8-18/h2,5-6,9,15-16,18,21H,3-4,7-8,10-14H2,1H3/t15-,16-/m0/s1. The lowest BCUT2D eigenvalue weighted by Crippen LogP contribution is -2.42. The van der Waals surface area contributed by atoms with Crippen LogP contribution in [-0.4, -0.2) is 35.3 Å². The first-order valence-corrected chi connectivity index (χ1v) is 8.85. The third-order valence-corrected chi connectivity index (χ3v) is 5.31. The summed E-state index contributed by atoms with van der Waals surface area (Å²) in [6.07, 6.45) is 7.72. The van der Waals surface area contributed by atoms with Crippen molar-refractivity contribution in [3.8, 4) is 5.75 Å². The molecule has 0 spiro atoms. The smallest absolute Gasteiger partial charge is 0.124 e. The number of hydrogen-bond donors (Lipinski definition) is 1. The molecule has 0 radical (unpaired) electrons. The summed E-state index contributed by atoms with van der Waals surface area (Å²) in [6, 6.07) is 9.08. The highest BCUT2D eigenvalue weighted by atomic mass is 16.5. The lowest BCUT2D eigenvalue weighted by molar-refractivity contribution is 0.0758. The van der Waals surface area contributed by atoms with E-state index >= 15 is 0 Å². The molecule has 0 aromatic heterocycles. The van der Waals surface area contributed by atoms with Gasteiger partial charge in [0.1, 0.15) is 5.75 Å². The summed E-state index contributed by atoms with van der Waals surface area (Å²) >= 11 is 0. The van der Waals surface area contributed by atoms with Crippen LogP contribution >= 0.6 is 0 Å². The highest BCUT2D eigenvalue weighted by Gasteiger charge is 2.26. The van der Waals surface area contributed by atoms with Gasteiger partial charge in [-0.3, -0.25) is 4.90 Å². The van der Waals surface area contributed by atoms with Gasteiger partial charge in [-0.2, -0.15) is 0 Å². The quantitative estimate of drug-likeness (QED) is 0.902. The number of aliphatic hydroxyl groups is 1. The summed E-state index contributed by atoms with van der Waals surface area (Å²) in [6.45, 7) is 4.54. The van der Waals surface area contributed by atoms with Crippen molar-refractivity contribution in [2.24, 2.45) is 5.92 Å². The van der Waals surface area contributed by atoms with E-state index in [-0.39, 0.29) is 0 Å². The van der Waals surface area contributed by atoms with Crippen LogP contribution in [0.3, 0.4) is 0 Å². The minimum Gasteiger partial charge on any atom is -0.490 e. The summed E-state index contributed by atoms with van der Waals surface area (Å²) in [5, 5.41) is 9.45. The van der Waals surface area contributed by atoms with Gasteiger partial charge >= 0.3 is 0 Å². The Morgan fingerprint density at radius 3 is 2.68 bits per heavy atom. The third-order valence-electron chi connectivity index (χ3n) is 5.31. The molecule has 1 N–H and O–H groups in total. The van der Waals surface area contributed by atoms with Crippen LogP contribution in [0.15, 0.2) is 24.3 Å². The third kappa shape index (κ3) is 3.82. The Bertz CT molecular complexity index is 470. The molecule has 1 aliphatic heterocycles. The summed E-state index contributed by atoms with van der Waals surface area (Å²) in [5.41, 5.74) is 1.29. The van der Waals surface area contributed by atoms with Crippen molar-refractivity contribution in [1.29, 1.82) is 0 Å². The van der Waals surface area contributed by atoms with Gasteiger partial charge in [-0.15, -0.1) is 0 Å². The topological polar surface area (TPSA) is 32.7 Å². The molecule has 1 aromatic rings. The molecule has 1 saturated carbocycles. The first kappa shape index (κ1) is 15.8. The Kier molecular flexibility index (Phi) is 5.37. The molecule has 0 unspecified atom stereocenters. The number of rotatable bonds is 5. The molecular weight excluding hydrogens is 274 g/mol. The van der Waals surface area contributed by atoms with Crippen LogP contribution in [0.1, 0.15) is 51.0 Å². The van der Waals surface area contributed by atoms with Crippen LogP contribution in [0.2, 0.25) is 0 Å². The fraction of sp³-hybridized carbons (Fsp3) is 0.684. The summed E-state index contributed by atoms with van der Waals surface area (Å²) < 4.78 is 6.26. The van der Waals surface area contributed by atoms with Gasteiger partial charge in [0.2, 0.25) is 0 Å². The number of hydrogen-bond acceptors (Lipinski definition) is 3. The van der Waals surface area contributed by atoms with Crippen molar-refractivity contribution >= 4 is 0 Å². The predicted molar refractivity (Wildman–Crippen MR) is 89.0 cm³/mol. The summed E-state index contributed by atoms with van der Waals surface area (Å²) in [5.74, 6) is 1.49. The number of piperidine rings is 1. The largest absolute Gasteiger partial charge is 0.490 e. The molecule has 0 bridgehead atoms. The van der Waals surface area contributed by atoms with Gasteiger partial charge in [-0.1, -0.05) is 18.2 Å². The van der Waals surface area contributed by atoms with E-state index in [0.29, 0.717) is 24.7 Å². The second-order valence-electron chi connectivity index (χ2n) is 7.04. The number of para-hydroxylation sites is 1. The summed E-state index contributed by atoms with van der Waals surface area (Å²) in [4.78, 5) is 2.50. The van der Waals surface area contributed by atoms with E-state index in [9.17, 15) is 5.11 Å². The van der Waals surface area contributed by atoms with Crippen LogP contribution in [0.4, 0.5) is 0 Å². The predicted octanol–water partition coefficient (Wildman–Crippen LogP) is 3.60. The van der Waals surface area contributed by atoms with Gasteiger partial charge in [-0.25, -0.2) is 0 Å². The normalized spacial score (nSPS) is 27.2. The van der Waals surface area contributed by atoms with E-state index in [1.54, 1.807) is 0 Å². The van der Waals surface area contributed by atoms with Gasteiger partial charge in [-0.05, 0) is 57.4 Å². The van der Waals surface area contributed by atoms with E-state index in [1.807, 2.05) is 0 Å². The minimum atomic E-state index is 0.309. The number of benzene rings is 1. The molecule has 3 nitrogen and oxygen atoms in total. The van der Waals surface area contributed by atoms with Crippen LogP contribution < -0.4 is 4.74 Å². The fourth-order valence-corrected chi connectivity index (χ4v) is 3.79. The van der Waals surface area contributed by atoms with Gasteiger partial charge in [0.25, 0.3) is 0 Å². The van der Waals surface area contributed by atoms with E-state index in [0.717, 1.165) is 25.3 Å². The molecule has 1 heterocycles. The zero-order valence-electron chi connectivity index (χ0n) is 13.7. The first-order chi connectivity index (χ1) is 10.8. The molecule has 1 aromatic carbocycles. The second kappa shape index (κ2) is 7.47. The maximum atomic E-state index is 9.45. The van der Waals surface area contributed by atoms with Gasteiger partial charge < -0.3 is 9.84 Å². The number of nitrogens with zero attached hydrogens (tertiary/aromatic N) is 1. The molecule has 0 amide bonds. The van der Waals surface area contributed by atoms with Crippen LogP contribution in [0, 0.1) is 5.92 Å². The average Bonchev–Trinajstić information content (AvgIpc) is 3.04. The van der Waals surface area contributed by atoms with Crippen molar-refractivity contribution in [3.05, 3.63) is 29.8 Å². The zero-order valence-corrected chi connectivity index (χ0v) is 13.7. The minimum absolute atomic E-state index is 0.309. The molecule has 22 heavy (non-hydrogen) atoms. The van der Waals surface area contributed by atoms with Crippen LogP contribution in [-0.2, 0) is 6.54 Å². The maximum absolute atomic E-state index is 9.45. The monoisotopic (exact) mass is 303 g/mol. The zero-order chi connectivity index (χ0) is 15.4. The Morgan fingerprint density at radius 2 is 1.91 bits per heavy atom. The number of aliphatic hydroxyl groups excluding tert-OH is 1. The molecule has 1 aliphatic carbocycles. The molecule has 1 saturated heterocycles. The van der Waals surface area contributed by atoms with Crippen molar-refractivity contribution in [2.45, 2.75) is 64.1 Å². The van der Waals surface area contributed by atoms with Gasteiger partial charge in [0, 0.05) is 31.3 Å². The second-order valence-corrected chi connectivity index (χ2v) is 7.04. The van der Waals surface area contributed by atoms with Crippen molar-refractivity contribution < 1.29 is 9.84 Å². The average molecular weight is 303 g/mol. The first-order valence-electron chi connectivity index (χ1n) is 8.85. The number of ether oxygens (including phenoxy) is 1. The molecular formula is C19H29NO2. The Balaban J connectivity index is 1.68. The molecule has 2 atom stereocenters.